The number of carbonyl (C=O) groups excluding carboxylic acids is 1. The van der Waals surface area contributed by atoms with E-state index in [1.54, 1.807) is 36.4 Å². The number of para-hydroxylation sites is 1. The van der Waals surface area contributed by atoms with Crippen LogP contribution in [0.3, 0.4) is 0 Å². The number of rotatable bonds is 6. The summed E-state index contributed by atoms with van der Waals surface area (Å²) >= 11 is 6.00. The van der Waals surface area contributed by atoms with Crippen LogP contribution in [0.15, 0.2) is 66.7 Å². The fourth-order valence-corrected chi connectivity index (χ4v) is 2.94. The Bertz CT molecular complexity index is 898. The molecule has 0 aliphatic heterocycles. The number of ether oxygens (including phenoxy) is 3. The van der Waals surface area contributed by atoms with Gasteiger partial charge in [-0.05, 0) is 73.5 Å². The minimum absolute atomic E-state index is 0.189. The summed E-state index contributed by atoms with van der Waals surface area (Å²) in [5, 5.41) is 0.637. The molecule has 0 unspecified atom stereocenters. The average Bonchev–Trinajstić information content (AvgIpc) is 2.63. The van der Waals surface area contributed by atoms with Gasteiger partial charge in [0.2, 0.25) is 0 Å². The van der Waals surface area contributed by atoms with Crippen molar-refractivity contribution in [2.75, 3.05) is 6.61 Å². The minimum Gasteiger partial charge on any atom is -0.481 e. The largest absolute Gasteiger partial charge is 0.481 e. The molecule has 4 nitrogen and oxygen atoms in total. The van der Waals surface area contributed by atoms with Gasteiger partial charge in [0.15, 0.2) is 6.61 Å². The van der Waals surface area contributed by atoms with Crippen LogP contribution < -0.4 is 14.2 Å². The van der Waals surface area contributed by atoms with Crippen LogP contribution in [0.2, 0.25) is 5.02 Å². The molecule has 0 spiro atoms. The van der Waals surface area contributed by atoms with Crippen LogP contribution in [-0.4, -0.2) is 12.6 Å². The standard InChI is InChI=1S/C22H19ClO4/c1-15-12-17(23)13-16(2)22(15)25-14-21(24)27-20-10-8-19(9-11-20)26-18-6-4-3-5-7-18/h3-13H,14H2,1-2H3. The quantitative estimate of drug-likeness (QED) is 0.403. The van der Waals surface area contributed by atoms with Gasteiger partial charge in [0, 0.05) is 5.02 Å². The van der Waals surface area contributed by atoms with Gasteiger partial charge in [-0.3, -0.25) is 0 Å². The Hall–Kier alpha value is -2.98. The summed E-state index contributed by atoms with van der Waals surface area (Å²) in [6.45, 7) is 3.57. The molecule has 0 aliphatic rings. The third-order valence-corrected chi connectivity index (χ3v) is 4.01. The first-order valence-electron chi connectivity index (χ1n) is 8.44. The molecule has 0 saturated carbocycles. The Labute approximate surface area is 163 Å². The molecule has 0 fully saturated rings. The van der Waals surface area contributed by atoms with Gasteiger partial charge in [-0.15, -0.1) is 0 Å². The van der Waals surface area contributed by atoms with Gasteiger partial charge in [-0.1, -0.05) is 29.8 Å². The van der Waals surface area contributed by atoms with Crippen molar-refractivity contribution in [2.24, 2.45) is 0 Å². The van der Waals surface area contributed by atoms with Crippen molar-refractivity contribution in [2.45, 2.75) is 13.8 Å². The van der Waals surface area contributed by atoms with E-state index in [4.69, 9.17) is 25.8 Å². The van der Waals surface area contributed by atoms with Crippen LogP contribution >= 0.6 is 11.6 Å². The highest BCUT2D eigenvalue weighted by atomic mass is 35.5. The van der Waals surface area contributed by atoms with Crippen molar-refractivity contribution in [1.29, 1.82) is 0 Å². The van der Waals surface area contributed by atoms with E-state index in [1.807, 2.05) is 44.2 Å². The first kappa shape index (κ1) is 18.8. The molecule has 0 bridgehead atoms. The van der Waals surface area contributed by atoms with E-state index < -0.39 is 5.97 Å². The number of hydrogen-bond acceptors (Lipinski definition) is 4. The Morgan fingerprint density at radius 1 is 0.852 bits per heavy atom. The van der Waals surface area contributed by atoms with E-state index in [0.29, 0.717) is 22.3 Å². The van der Waals surface area contributed by atoms with Gasteiger partial charge >= 0.3 is 5.97 Å². The Morgan fingerprint density at radius 3 is 2.04 bits per heavy atom. The third kappa shape index (κ3) is 5.25. The Kier molecular flexibility index (Phi) is 5.99. The lowest BCUT2D eigenvalue weighted by atomic mass is 10.1. The molecule has 27 heavy (non-hydrogen) atoms. The molecule has 3 rings (SSSR count). The molecule has 0 aromatic heterocycles. The van der Waals surface area contributed by atoms with E-state index in [9.17, 15) is 4.79 Å². The topological polar surface area (TPSA) is 44.8 Å². The fraction of sp³-hybridized carbons (Fsp3) is 0.136. The van der Waals surface area contributed by atoms with E-state index in [2.05, 4.69) is 0 Å². The van der Waals surface area contributed by atoms with Crippen LogP contribution in [-0.2, 0) is 4.79 Å². The number of aryl methyl sites for hydroxylation is 2. The van der Waals surface area contributed by atoms with E-state index in [-0.39, 0.29) is 6.61 Å². The SMILES string of the molecule is Cc1cc(Cl)cc(C)c1OCC(=O)Oc1ccc(Oc2ccccc2)cc1. The van der Waals surface area contributed by atoms with Gasteiger partial charge in [-0.2, -0.15) is 0 Å². The zero-order chi connectivity index (χ0) is 19.2. The van der Waals surface area contributed by atoms with Crippen LogP contribution in [0, 0.1) is 13.8 Å². The van der Waals surface area contributed by atoms with Gasteiger partial charge in [-0.25, -0.2) is 4.79 Å². The fourth-order valence-electron chi connectivity index (χ4n) is 2.62. The second kappa shape index (κ2) is 8.60. The van der Waals surface area contributed by atoms with Crippen molar-refractivity contribution in [1.82, 2.24) is 0 Å². The molecule has 0 radical (unpaired) electrons. The molecule has 3 aromatic rings. The van der Waals surface area contributed by atoms with Crippen molar-refractivity contribution in [3.63, 3.8) is 0 Å². The zero-order valence-electron chi connectivity index (χ0n) is 15.1. The molecule has 0 N–H and O–H groups in total. The van der Waals surface area contributed by atoms with Crippen molar-refractivity contribution < 1.29 is 19.0 Å². The zero-order valence-corrected chi connectivity index (χ0v) is 15.8. The highest BCUT2D eigenvalue weighted by molar-refractivity contribution is 6.30. The first-order valence-corrected chi connectivity index (χ1v) is 8.82. The van der Waals surface area contributed by atoms with E-state index in [0.717, 1.165) is 16.9 Å². The summed E-state index contributed by atoms with van der Waals surface area (Å²) < 4.78 is 16.6. The van der Waals surface area contributed by atoms with E-state index in [1.165, 1.54) is 0 Å². The van der Waals surface area contributed by atoms with Crippen molar-refractivity contribution >= 4 is 17.6 Å². The normalized spacial score (nSPS) is 10.3. The molecular formula is C22H19ClO4. The van der Waals surface area contributed by atoms with Gasteiger partial charge in [0.1, 0.15) is 23.0 Å². The molecule has 0 amide bonds. The minimum atomic E-state index is -0.486. The van der Waals surface area contributed by atoms with Gasteiger partial charge < -0.3 is 14.2 Å². The lowest BCUT2D eigenvalue weighted by Crippen LogP contribution is -2.18. The number of halogens is 1. The predicted molar refractivity (Wildman–Crippen MR) is 105 cm³/mol. The summed E-state index contributed by atoms with van der Waals surface area (Å²) in [5.41, 5.74) is 1.74. The number of carbonyl (C=O) groups is 1. The first-order chi connectivity index (χ1) is 13.0. The molecule has 138 valence electrons. The molecule has 0 saturated heterocycles. The second-order valence-electron chi connectivity index (χ2n) is 6.02. The van der Waals surface area contributed by atoms with Crippen LogP contribution in [0.5, 0.6) is 23.0 Å². The van der Waals surface area contributed by atoms with Crippen LogP contribution in [0.4, 0.5) is 0 Å². The number of hydrogen-bond donors (Lipinski definition) is 0. The molecular weight excluding hydrogens is 364 g/mol. The lowest BCUT2D eigenvalue weighted by molar-refractivity contribution is -0.136. The molecule has 0 heterocycles. The smallest absolute Gasteiger partial charge is 0.349 e. The number of benzene rings is 3. The summed E-state index contributed by atoms with van der Waals surface area (Å²) in [4.78, 5) is 12.0. The summed E-state index contributed by atoms with van der Waals surface area (Å²) in [6.07, 6.45) is 0. The van der Waals surface area contributed by atoms with Crippen molar-refractivity contribution in [3.05, 3.63) is 82.9 Å². The van der Waals surface area contributed by atoms with E-state index >= 15 is 0 Å². The highest BCUT2D eigenvalue weighted by Crippen LogP contribution is 2.27. The second-order valence-corrected chi connectivity index (χ2v) is 6.45. The van der Waals surface area contributed by atoms with Gasteiger partial charge in [0.25, 0.3) is 0 Å². The van der Waals surface area contributed by atoms with Crippen LogP contribution in [0.1, 0.15) is 11.1 Å². The Balaban J connectivity index is 1.55. The number of esters is 1. The maximum absolute atomic E-state index is 12.0. The molecule has 0 atom stereocenters. The summed E-state index contributed by atoms with van der Waals surface area (Å²) in [6, 6.07) is 19.9. The third-order valence-electron chi connectivity index (χ3n) is 3.79. The maximum Gasteiger partial charge on any atom is 0.349 e. The maximum atomic E-state index is 12.0. The molecule has 3 aromatic carbocycles. The van der Waals surface area contributed by atoms with Crippen LogP contribution in [0.25, 0.3) is 0 Å². The molecule has 0 aliphatic carbocycles. The van der Waals surface area contributed by atoms with Gasteiger partial charge in [0.05, 0.1) is 0 Å². The van der Waals surface area contributed by atoms with Crippen molar-refractivity contribution in [3.8, 4) is 23.0 Å². The Morgan fingerprint density at radius 2 is 1.41 bits per heavy atom. The molecule has 5 heteroatoms. The monoisotopic (exact) mass is 382 g/mol. The summed E-state index contributed by atoms with van der Waals surface area (Å²) in [7, 11) is 0. The summed E-state index contributed by atoms with van der Waals surface area (Å²) in [5.74, 6) is 1.98. The average molecular weight is 383 g/mol. The highest BCUT2D eigenvalue weighted by Gasteiger charge is 2.11. The predicted octanol–water partition coefficient (Wildman–Crippen LogP) is 5.73. The lowest BCUT2D eigenvalue weighted by Gasteiger charge is -2.12.